The minimum absolute atomic E-state index is 0.0239. The number of benzene rings is 2. The van der Waals surface area contributed by atoms with Crippen molar-refractivity contribution in [1.29, 1.82) is 0 Å². The van der Waals surface area contributed by atoms with E-state index < -0.39 is 21.5 Å². The van der Waals surface area contributed by atoms with E-state index in [0.717, 1.165) is 11.1 Å². The third-order valence-electron chi connectivity index (χ3n) is 5.46. The van der Waals surface area contributed by atoms with E-state index >= 15 is 0 Å². The minimum atomic E-state index is -3.58. The fourth-order valence-electron chi connectivity index (χ4n) is 3.57. The third kappa shape index (κ3) is 6.10. The first-order chi connectivity index (χ1) is 15.6. The van der Waals surface area contributed by atoms with Gasteiger partial charge in [0.1, 0.15) is 5.75 Å². The van der Waals surface area contributed by atoms with Gasteiger partial charge in [0.2, 0.25) is 10.0 Å². The number of fused-ring (bicyclic) bond motifs is 1. The second kappa shape index (κ2) is 10.2. The first-order valence-corrected chi connectivity index (χ1v) is 12.5. The zero-order valence-corrected chi connectivity index (χ0v) is 20.8. The van der Waals surface area contributed by atoms with Crippen molar-refractivity contribution in [3.05, 3.63) is 52.5 Å². The van der Waals surface area contributed by atoms with Crippen molar-refractivity contribution in [2.45, 2.75) is 32.4 Å². The number of hydrogen-bond acceptors (Lipinski definition) is 6. The summed E-state index contributed by atoms with van der Waals surface area (Å²) < 4.78 is 43.6. The molecule has 1 heterocycles. The molecule has 0 unspecified atom stereocenters. The highest BCUT2D eigenvalue weighted by Crippen LogP contribution is 2.33. The number of methoxy groups -OCH3 is 2. The number of nitrogens with zero attached hydrogens (tertiary/aromatic N) is 1. The molecule has 0 saturated heterocycles. The quantitative estimate of drug-likeness (QED) is 0.573. The lowest BCUT2D eigenvalue weighted by Crippen LogP contribution is -2.48. The molecule has 1 aliphatic heterocycles. The van der Waals surface area contributed by atoms with E-state index in [0.29, 0.717) is 35.2 Å². The van der Waals surface area contributed by atoms with Crippen LogP contribution in [0.1, 0.15) is 25.0 Å². The number of halogens is 1. The molecule has 0 aliphatic carbocycles. The van der Waals surface area contributed by atoms with Crippen molar-refractivity contribution in [2.24, 2.45) is 0 Å². The molecule has 0 fully saturated rings. The van der Waals surface area contributed by atoms with Crippen LogP contribution in [0.3, 0.4) is 0 Å². The molecule has 0 radical (unpaired) electrons. The summed E-state index contributed by atoms with van der Waals surface area (Å²) in [5.74, 6) is 1.06. The summed E-state index contributed by atoms with van der Waals surface area (Å²) in [7, 11) is -0.462. The van der Waals surface area contributed by atoms with Gasteiger partial charge in [0.25, 0.3) is 5.91 Å². The lowest BCUT2D eigenvalue weighted by Gasteiger charge is -2.29. The van der Waals surface area contributed by atoms with Crippen LogP contribution >= 0.6 is 11.6 Å². The normalized spacial score (nSPS) is 14.3. The summed E-state index contributed by atoms with van der Waals surface area (Å²) in [5.41, 5.74) is 0.731. The molecule has 2 aromatic rings. The van der Waals surface area contributed by atoms with Crippen LogP contribution in [-0.4, -0.2) is 57.3 Å². The molecule has 1 amide bonds. The molecule has 2 aromatic carbocycles. The topological polar surface area (TPSA) is 94.2 Å². The predicted molar refractivity (Wildman–Crippen MR) is 127 cm³/mol. The molecule has 0 spiro atoms. The number of rotatable bonds is 9. The van der Waals surface area contributed by atoms with Gasteiger partial charge >= 0.3 is 0 Å². The smallest absolute Gasteiger partial charge is 0.263 e. The Morgan fingerprint density at radius 3 is 2.30 bits per heavy atom. The summed E-state index contributed by atoms with van der Waals surface area (Å²) in [6, 6.07) is 10.4. The first kappa shape index (κ1) is 25.1. The van der Waals surface area contributed by atoms with Crippen molar-refractivity contribution in [3.8, 4) is 17.2 Å². The van der Waals surface area contributed by atoms with E-state index in [-0.39, 0.29) is 18.8 Å². The molecule has 10 heteroatoms. The highest BCUT2D eigenvalue weighted by molar-refractivity contribution is 7.89. The van der Waals surface area contributed by atoms with E-state index in [9.17, 15) is 13.2 Å². The number of nitrogens with one attached hydrogen (secondary N) is 1. The molecule has 33 heavy (non-hydrogen) atoms. The van der Waals surface area contributed by atoms with Crippen LogP contribution in [0.4, 0.5) is 0 Å². The van der Waals surface area contributed by atoms with Crippen LogP contribution in [0, 0.1) is 0 Å². The zero-order chi connectivity index (χ0) is 24.2. The fourth-order valence-corrected chi connectivity index (χ4v) is 5.02. The molecule has 0 aromatic heterocycles. The van der Waals surface area contributed by atoms with Gasteiger partial charge in [-0.1, -0.05) is 11.6 Å². The standard InChI is InChI=1S/C23H29ClN2O6S/c1-23(2,32-19-7-5-18(24)6-8-19)22(27)25-10-12-33(28,29)26-11-9-16-13-20(30-3)21(31-4)14-17(16)15-26/h5-8,13-14H,9-12,15H2,1-4H3,(H,25,27). The van der Waals surface area contributed by atoms with Gasteiger partial charge in [0.15, 0.2) is 17.1 Å². The lowest BCUT2D eigenvalue weighted by molar-refractivity contribution is -0.134. The molecule has 0 atom stereocenters. The van der Waals surface area contributed by atoms with Crippen LogP contribution < -0.4 is 19.5 Å². The molecule has 0 saturated carbocycles. The Morgan fingerprint density at radius 2 is 1.70 bits per heavy atom. The van der Waals surface area contributed by atoms with Crippen molar-refractivity contribution in [2.75, 3.05) is 33.1 Å². The molecule has 3 rings (SSSR count). The van der Waals surface area contributed by atoms with Crippen molar-refractivity contribution < 1.29 is 27.4 Å². The van der Waals surface area contributed by atoms with E-state index in [2.05, 4.69) is 5.32 Å². The highest BCUT2D eigenvalue weighted by atomic mass is 35.5. The number of amides is 1. The summed E-state index contributed by atoms with van der Waals surface area (Å²) in [5, 5.41) is 3.23. The van der Waals surface area contributed by atoms with Gasteiger partial charge in [-0.2, -0.15) is 4.31 Å². The van der Waals surface area contributed by atoms with Gasteiger partial charge in [-0.15, -0.1) is 0 Å². The number of sulfonamides is 1. The van der Waals surface area contributed by atoms with E-state index in [1.54, 1.807) is 52.3 Å². The Balaban J connectivity index is 1.58. The Kier molecular flexibility index (Phi) is 7.76. The fraction of sp³-hybridized carbons (Fsp3) is 0.435. The van der Waals surface area contributed by atoms with Crippen molar-refractivity contribution >= 4 is 27.5 Å². The van der Waals surface area contributed by atoms with Crippen LogP contribution in [0.5, 0.6) is 17.2 Å². The van der Waals surface area contributed by atoms with Crippen molar-refractivity contribution in [3.63, 3.8) is 0 Å². The average molecular weight is 497 g/mol. The molecular weight excluding hydrogens is 468 g/mol. The number of carbonyl (C=O) groups excluding carboxylic acids is 1. The monoisotopic (exact) mass is 496 g/mol. The largest absolute Gasteiger partial charge is 0.493 e. The SMILES string of the molecule is COc1cc2c(cc1OC)CN(S(=O)(=O)CCNC(=O)C(C)(C)Oc1ccc(Cl)cc1)CC2. The molecule has 180 valence electrons. The molecule has 1 N–H and O–H groups in total. The number of hydrogen-bond donors (Lipinski definition) is 1. The first-order valence-electron chi connectivity index (χ1n) is 10.5. The molecule has 1 aliphatic rings. The Bertz CT molecular complexity index is 1100. The average Bonchev–Trinajstić information content (AvgIpc) is 2.78. The summed E-state index contributed by atoms with van der Waals surface area (Å²) >= 11 is 5.87. The van der Waals surface area contributed by atoms with Gasteiger partial charge in [-0.3, -0.25) is 4.79 Å². The lowest BCUT2D eigenvalue weighted by atomic mass is 10.0. The van der Waals surface area contributed by atoms with E-state index in [4.69, 9.17) is 25.8 Å². The predicted octanol–water partition coefficient (Wildman–Crippen LogP) is 3.02. The maximum atomic E-state index is 12.9. The van der Waals surface area contributed by atoms with Gasteiger partial charge in [0, 0.05) is 24.7 Å². The maximum absolute atomic E-state index is 12.9. The number of ether oxygens (including phenoxy) is 3. The van der Waals surface area contributed by atoms with Crippen LogP contribution in [0.25, 0.3) is 0 Å². The van der Waals surface area contributed by atoms with E-state index in [1.807, 2.05) is 12.1 Å². The van der Waals surface area contributed by atoms with Gasteiger partial charge in [0.05, 0.1) is 20.0 Å². The van der Waals surface area contributed by atoms with Crippen LogP contribution in [-0.2, 0) is 27.8 Å². The summed E-state index contributed by atoms with van der Waals surface area (Å²) in [6.45, 7) is 3.83. The molecule has 0 bridgehead atoms. The zero-order valence-electron chi connectivity index (χ0n) is 19.2. The van der Waals surface area contributed by atoms with Gasteiger partial charge < -0.3 is 19.5 Å². The highest BCUT2D eigenvalue weighted by Gasteiger charge is 2.31. The van der Waals surface area contributed by atoms with E-state index in [1.165, 1.54) is 4.31 Å². The number of carbonyl (C=O) groups is 1. The molecular formula is C23H29ClN2O6S. The van der Waals surface area contributed by atoms with Crippen LogP contribution in [0.2, 0.25) is 5.02 Å². The Labute approximate surface area is 199 Å². The van der Waals surface area contributed by atoms with Crippen LogP contribution in [0.15, 0.2) is 36.4 Å². The maximum Gasteiger partial charge on any atom is 0.263 e. The Morgan fingerprint density at radius 1 is 1.09 bits per heavy atom. The second-order valence-corrected chi connectivity index (χ2v) is 10.7. The second-order valence-electron chi connectivity index (χ2n) is 8.20. The summed E-state index contributed by atoms with van der Waals surface area (Å²) in [4.78, 5) is 12.6. The third-order valence-corrected chi connectivity index (χ3v) is 7.53. The van der Waals surface area contributed by atoms with Gasteiger partial charge in [-0.25, -0.2) is 8.42 Å². The van der Waals surface area contributed by atoms with Gasteiger partial charge in [-0.05, 0) is 67.8 Å². The van der Waals surface area contributed by atoms with Crippen molar-refractivity contribution in [1.82, 2.24) is 9.62 Å². The minimum Gasteiger partial charge on any atom is -0.493 e. The molecule has 8 nitrogen and oxygen atoms in total. The summed E-state index contributed by atoms with van der Waals surface area (Å²) in [6.07, 6.45) is 0.573. The Hall–Kier alpha value is -2.49.